The number of alkyl halides is 1. The van der Waals surface area contributed by atoms with Crippen molar-refractivity contribution in [3.63, 3.8) is 0 Å². The number of rotatable bonds is 5. The second-order valence-electron chi connectivity index (χ2n) is 6.66. The van der Waals surface area contributed by atoms with Gasteiger partial charge in [0.15, 0.2) is 0 Å². The molecule has 0 saturated heterocycles. The highest BCUT2D eigenvalue weighted by molar-refractivity contribution is 5.37. The van der Waals surface area contributed by atoms with E-state index in [0.29, 0.717) is 23.7 Å². The molecule has 0 aliphatic heterocycles. The smallest absolute Gasteiger partial charge is 0.222 e. The molecule has 0 radical (unpaired) electrons. The maximum atomic E-state index is 14.2. The van der Waals surface area contributed by atoms with Crippen LogP contribution in [0.15, 0.2) is 49.2 Å². The Balaban J connectivity index is 1.49. The van der Waals surface area contributed by atoms with Crippen LogP contribution in [-0.2, 0) is 5.41 Å². The average Bonchev–Trinajstić information content (AvgIpc) is 3.14. The van der Waals surface area contributed by atoms with E-state index in [1.807, 2.05) is 0 Å². The monoisotopic (exact) mass is 366 g/mol. The van der Waals surface area contributed by atoms with Crippen LogP contribution in [0.3, 0.4) is 0 Å². The van der Waals surface area contributed by atoms with Crippen molar-refractivity contribution in [1.82, 2.24) is 19.5 Å². The van der Waals surface area contributed by atoms with Crippen LogP contribution in [0.5, 0.6) is 0 Å². The lowest BCUT2D eigenvalue weighted by molar-refractivity contribution is 0.0963. The van der Waals surface area contributed by atoms with Gasteiger partial charge in [0.05, 0.1) is 29.3 Å². The van der Waals surface area contributed by atoms with Crippen LogP contribution >= 0.6 is 0 Å². The fourth-order valence-corrected chi connectivity index (χ4v) is 3.40. The topological polar surface area (TPSA) is 79.4 Å². The van der Waals surface area contributed by atoms with E-state index < -0.39 is 17.4 Å². The zero-order valence-corrected chi connectivity index (χ0v) is 14.3. The highest BCUT2D eigenvalue weighted by atomic mass is 19.1. The Hall–Kier alpha value is -3.34. The largest absolute Gasteiger partial charge is 0.353 e. The van der Waals surface area contributed by atoms with Gasteiger partial charge in [0.25, 0.3) is 0 Å². The van der Waals surface area contributed by atoms with E-state index >= 15 is 0 Å². The third-order valence-electron chi connectivity index (χ3n) is 4.83. The van der Waals surface area contributed by atoms with Gasteiger partial charge in [-0.15, -0.1) is 0 Å². The number of nitriles is 1. The number of pyridine rings is 1. The minimum atomic E-state index is -0.959. The van der Waals surface area contributed by atoms with E-state index in [1.165, 1.54) is 18.3 Å². The van der Waals surface area contributed by atoms with Crippen LogP contribution in [0.25, 0.3) is 5.69 Å². The Morgan fingerprint density at radius 3 is 2.67 bits per heavy atom. The normalized spacial score (nSPS) is 21.3. The molecular formula is C19H16F2N6. The van der Waals surface area contributed by atoms with Crippen molar-refractivity contribution in [3.05, 3.63) is 66.3 Å². The van der Waals surface area contributed by atoms with Gasteiger partial charge in [0.1, 0.15) is 18.1 Å². The lowest BCUT2D eigenvalue weighted by Gasteiger charge is -2.43. The van der Waals surface area contributed by atoms with E-state index in [0.717, 1.165) is 0 Å². The van der Waals surface area contributed by atoms with Gasteiger partial charge < -0.3 is 9.88 Å². The molecule has 1 fully saturated rings. The Morgan fingerprint density at radius 1 is 1.26 bits per heavy atom. The Bertz CT molecular complexity index is 986. The molecule has 3 aromatic rings. The minimum Gasteiger partial charge on any atom is -0.353 e. The van der Waals surface area contributed by atoms with Crippen molar-refractivity contribution in [2.45, 2.75) is 24.4 Å². The predicted octanol–water partition coefficient (Wildman–Crippen LogP) is 3.15. The van der Waals surface area contributed by atoms with Gasteiger partial charge in [-0.2, -0.15) is 5.26 Å². The third kappa shape index (κ3) is 3.24. The van der Waals surface area contributed by atoms with Gasteiger partial charge in [-0.3, -0.25) is 4.98 Å². The quantitative estimate of drug-likeness (QED) is 0.750. The number of nitrogens with one attached hydrogen (secondary N) is 1. The van der Waals surface area contributed by atoms with E-state index in [1.54, 1.807) is 35.4 Å². The first-order valence-corrected chi connectivity index (χ1v) is 8.49. The summed E-state index contributed by atoms with van der Waals surface area (Å²) < 4.78 is 29.5. The molecule has 1 aliphatic carbocycles. The van der Waals surface area contributed by atoms with Gasteiger partial charge in [-0.05, 0) is 31.0 Å². The van der Waals surface area contributed by atoms with Crippen molar-refractivity contribution in [1.29, 1.82) is 5.26 Å². The highest BCUT2D eigenvalue weighted by Crippen LogP contribution is 2.45. The molecule has 0 amide bonds. The van der Waals surface area contributed by atoms with Gasteiger partial charge in [0, 0.05) is 30.6 Å². The molecule has 3 aromatic heterocycles. The molecule has 0 atom stereocenters. The molecule has 0 unspecified atom stereocenters. The highest BCUT2D eigenvalue weighted by Gasteiger charge is 2.48. The van der Waals surface area contributed by atoms with E-state index in [-0.39, 0.29) is 18.5 Å². The lowest BCUT2D eigenvalue weighted by Crippen LogP contribution is -2.49. The molecule has 0 aromatic carbocycles. The minimum absolute atomic E-state index is 0.215. The maximum Gasteiger partial charge on any atom is 0.222 e. The summed E-state index contributed by atoms with van der Waals surface area (Å²) in [6.07, 6.45) is 7.65. The van der Waals surface area contributed by atoms with Crippen molar-refractivity contribution in [2.24, 2.45) is 0 Å². The number of aromatic nitrogens is 4. The zero-order valence-electron chi connectivity index (χ0n) is 14.3. The van der Waals surface area contributed by atoms with Crippen LogP contribution in [0.4, 0.5) is 14.7 Å². The molecule has 6 nitrogen and oxygen atoms in total. The first-order chi connectivity index (χ1) is 13.1. The van der Waals surface area contributed by atoms with Crippen molar-refractivity contribution < 1.29 is 8.78 Å². The molecule has 3 heterocycles. The predicted molar refractivity (Wildman–Crippen MR) is 94.6 cm³/mol. The molecule has 1 N–H and O–H groups in total. The third-order valence-corrected chi connectivity index (χ3v) is 4.83. The summed E-state index contributed by atoms with van der Waals surface area (Å²) in [5.41, 5.74) is 0.830. The summed E-state index contributed by atoms with van der Waals surface area (Å²) >= 11 is 0. The fourth-order valence-electron chi connectivity index (χ4n) is 3.40. The molecule has 136 valence electrons. The molecule has 27 heavy (non-hydrogen) atoms. The Kier molecular flexibility index (Phi) is 4.28. The number of nitrogens with zero attached hydrogens (tertiary/aromatic N) is 5. The number of halogens is 2. The lowest BCUT2D eigenvalue weighted by atomic mass is 9.65. The van der Waals surface area contributed by atoms with Crippen LogP contribution in [-0.4, -0.2) is 32.2 Å². The first-order valence-electron chi connectivity index (χ1n) is 8.49. The van der Waals surface area contributed by atoms with Gasteiger partial charge in [-0.25, -0.2) is 18.7 Å². The van der Waals surface area contributed by atoms with Crippen molar-refractivity contribution in [3.8, 4) is 11.8 Å². The summed E-state index contributed by atoms with van der Waals surface area (Å²) in [6, 6.07) is 6.62. The summed E-state index contributed by atoms with van der Waals surface area (Å²) in [5, 5.41) is 12.0. The van der Waals surface area contributed by atoms with Crippen LogP contribution in [0.1, 0.15) is 24.1 Å². The van der Waals surface area contributed by atoms with E-state index in [9.17, 15) is 8.78 Å². The standard InChI is InChI=1S/C19H16F2N6/c20-14-6-19(7-14,17-16(21)2-1-4-23-17)12-26-18-24-9-15(10-25-18)27-5-3-13(8-22)11-27/h1-5,9-11,14H,6-7,12H2,(H,24,25,26). The second kappa shape index (κ2) is 6.76. The molecule has 0 spiro atoms. The maximum absolute atomic E-state index is 14.2. The molecule has 8 heteroatoms. The van der Waals surface area contributed by atoms with Crippen LogP contribution in [0, 0.1) is 17.1 Å². The van der Waals surface area contributed by atoms with Gasteiger partial charge in [0.2, 0.25) is 5.95 Å². The van der Waals surface area contributed by atoms with E-state index in [4.69, 9.17) is 5.26 Å². The number of anilines is 1. The van der Waals surface area contributed by atoms with Crippen LogP contribution < -0.4 is 5.32 Å². The first kappa shape index (κ1) is 17.1. The summed E-state index contributed by atoms with van der Waals surface area (Å²) in [4.78, 5) is 12.6. The number of hydrogen-bond acceptors (Lipinski definition) is 5. The summed E-state index contributed by atoms with van der Waals surface area (Å²) in [5.74, 6) is -0.0622. The Morgan fingerprint density at radius 2 is 2.04 bits per heavy atom. The van der Waals surface area contributed by atoms with Gasteiger partial charge in [-0.1, -0.05) is 0 Å². The molecule has 0 bridgehead atoms. The summed E-state index contributed by atoms with van der Waals surface area (Å²) in [6.45, 7) is 0.294. The van der Waals surface area contributed by atoms with Crippen LogP contribution in [0.2, 0.25) is 0 Å². The fraction of sp³-hybridized carbons (Fsp3) is 0.263. The molecule has 1 aliphatic rings. The van der Waals surface area contributed by atoms with Crippen molar-refractivity contribution >= 4 is 5.95 Å². The molecule has 4 rings (SSSR count). The average molecular weight is 366 g/mol. The summed E-state index contributed by atoms with van der Waals surface area (Å²) in [7, 11) is 0. The molecular weight excluding hydrogens is 350 g/mol. The SMILES string of the molecule is N#Cc1ccn(-c2cnc(NCC3(c4ncccc4F)CC(F)C3)nc2)c1. The zero-order chi connectivity index (χ0) is 18.9. The molecule has 1 saturated carbocycles. The Labute approximate surface area is 154 Å². The second-order valence-corrected chi connectivity index (χ2v) is 6.66. The van der Waals surface area contributed by atoms with Crippen molar-refractivity contribution in [2.75, 3.05) is 11.9 Å². The van der Waals surface area contributed by atoms with Gasteiger partial charge >= 0.3 is 0 Å². The number of hydrogen-bond donors (Lipinski definition) is 1. The van der Waals surface area contributed by atoms with E-state index in [2.05, 4.69) is 26.3 Å².